The third-order valence-corrected chi connectivity index (χ3v) is 5.93. The van der Waals surface area contributed by atoms with Gasteiger partial charge >= 0.3 is 0 Å². The van der Waals surface area contributed by atoms with Gasteiger partial charge in [-0.25, -0.2) is 0 Å². The van der Waals surface area contributed by atoms with Crippen LogP contribution in [0.5, 0.6) is 5.75 Å². The number of methoxy groups -OCH3 is 1. The van der Waals surface area contributed by atoms with Crippen molar-refractivity contribution in [1.29, 1.82) is 0 Å². The SMILES string of the molecule is CCC1CCC(NC2CC(c3ccc(OC)cc3)C2)C1C. The van der Waals surface area contributed by atoms with Gasteiger partial charge in [0.25, 0.3) is 0 Å². The van der Waals surface area contributed by atoms with Crippen LogP contribution in [0.3, 0.4) is 0 Å². The number of ether oxygens (including phenoxy) is 1. The van der Waals surface area contributed by atoms with Crippen LogP contribution in [0, 0.1) is 11.8 Å². The molecule has 0 aromatic heterocycles. The Balaban J connectivity index is 1.47. The molecule has 0 amide bonds. The molecule has 0 aliphatic heterocycles. The number of hydrogen-bond donors (Lipinski definition) is 1. The largest absolute Gasteiger partial charge is 0.497 e. The molecule has 3 atom stereocenters. The first-order chi connectivity index (χ1) is 10.2. The highest BCUT2D eigenvalue weighted by Gasteiger charge is 2.36. The predicted molar refractivity (Wildman–Crippen MR) is 87.9 cm³/mol. The lowest BCUT2D eigenvalue weighted by atomic mass is 9.75. The number of nitrogens with one attached hydrogen (secondary N) is 1. The molecule has 0 spiro atoms. The topological polar surface area (TPSA) is 21.3 Å². The number of rotatable bonds is 5. The van der Waals surface area contributed by atoms with Gasteiger partial charge in [0.1, 0.15) is 5.75 Å². The van der Waals surface area contributed by atoms with Crippen LogP contribution in [-0.2, 0) is 0 Å². The molecule has 1 N–H and O–H groups in total. The number of benzene rings is 1. The molecular weight excluding hydrogens is 258 g/mol. The Kier molecular flexibility index (Phi) is 4.54. The average Bonchev–Trinajstić information content (AvgIpc) is 2.83. The first-order valence-corrected chi connectivity index (χ1v) is 8.61. The van der Waals surface area contributed by atoms with Crippen molar-refractivity contribution >= 4 is 0 Å². The van der Waals surface area contributed by atoms with E-state index in [0.717, 1.165) is 35.6 Å². The normalized spacial score (nSPS) is 35.5. The average molecular weight is 287 g/mol. The van der Waals surface area contributed by atoms with E-state index in [4.69, 9.17) is 4.74 Å². The van der Waals surface area contributed by atoms with Crippen LogP contribution in [0.4, 0.5) is 0 Å². The first-order valence-electron chi connectivity index (χ1n) is 8.61. The quantitative estimate of drug-likeness (QED) is 0.869. The highest BCUT2D eigenvalue weighted by atomic mass is 16.5. The summed E-state index contributed by atoms with van der Waals surface area (Å²) in [6.45, 7) is 4.78. The lowest BCUT2D eigenvalue weighted by Crippen LogP contribution is -2.46. The molecule has 1 aromatic carbocycles. The molecule has 2 aliphatic rings. The summed E-state index contributed by atoms with van der Waals surface area (Å²) in [5.74, 6) is 3.50. The molecule has 1 aromatic rings. The van der Waals surface area contributed by atoms with E-state index < -0.39 is 0 Å². The van der Waals surface area contributed by atoms with E-state index in [2.05, 4.69) is 43.4 Å². The van der Waals surface area contributed by atoms with Crippen LogP contribution < -0.4 is 10.1 Å². The fourth-order valence-electron chi connectivity index (χ4n) is 4.26. The summed E-state index contributed by atoms with van der Waals surface area (Å²) < 4.78 is 5.23. The Hall–Kier alpha value is -1.02. The van der Waals surface area contributed by atoms with Crippen LogP contribution in [0.15, 0.2) is 24.3 Å². The summed E-state index contributed by atoms with van der Waals surface area (Å²) in [7, 11) is 1.73. The van der Waals surface area contributed by atoms with Gasteiger partial charge in [-0.3, -0.25) is 0 Å². The van der Waals surface area contributed by atoms with Gasteiger partial charge in [-0.05, 0) is 61.1 Å². The monoisotopic (exact) mass is 287 g/mol. The molecule has 2 nitrogen and oxygen atoms in total. The summed E-state index contributed by atoms with van der Waals surface area (Å²) in [5.41, 5.74) is 1.47. The van der Waals surface area contributed by atoms with Crippen molar-refractivity contribution in [3.63, 3.8) is 0 Å². The molecule has 2 heteroatoms. The maximum atomic E-state index is 5.23. The van der Waals surface area contributed by atoms with Crippen molar-refractivity contribution in [3.8, 4) is 5.75 Å². The summed E-state index contributed by atoms with van der Waals surface area (Å²) >= 11 is 0. The van der Waals surface area contributed by atoms with Gasteiger partial charge in [0, 0.05) is 12.1 Å². The predicted octanol–water partition coefficient (Wildman–Crippen LogP) is 4.36. The smallest absolute Gasteiger partial charge is 0.118 e. The van der Waals surface area contributed by atoms with Gasteiger partial charge < -0.3 is 10.1 Å². The molecule has 116 valence electrons. The van der Waals surface area contributed by atoms with E-state index in [-0.39, 0.29) is 0 Å². The zero-order valence-corrected chi connectivity index (χ0v) is 13.6. The van der Waals surface area contributed by atoms with Crippen molar-refractivity contribution in [2.45, 2.75) is 64.0 Å². The van der Waals surface area contributed by atoms with Crippen LogP contribution in [0.1, 0.15) is 57.4 Å². The summed E-state index contributed by atoms with van der Waals surface area (Å²) in [6.07, 6.45) is 6.74. The minimum Gasteiger partial charge on any atom is -0.497 e. The van der Waals surface area contributed by atoms with Crippen LogP contribution >= 0.6 is 0 Å². The molecular formula is C19H29NO. The van der Waals surface area contributed by atoms with E-state index in [1.54, 1.807) is 7.11 Å². The second-order valence-corrected chi connectivity index (χ2v) is 7.02. The van der Waals surface area contributed by atoms with Crippen molar-refractivity contribution in [3.05, 3.63) is 29.8 Å². The molecule has 0 saturated heterocycles. The van der Waals surface area contributed by atoms with E-state index in [1.165, 1.54) is 37.7 Å². The highest BCUT2D eigenvalue weighted by molar-refractivity contribution is 5.31. The summed E-state index contributed by atoms with van der Waals surface area (Å²) in [4.78, 5) is 0. The van der Waals surface area contributed by atoms with Gasteiger partial charge in [-0.2, -0.15) is 0 Å². The van der Waals surface area contributed by atoms with Crippen molar-refractivity contribution in [2.24, 2.45) is 11.8 Å². The van der Waals surface area contributed by atoms with Gasteiger partial charge in [0.05, 0.1) is 7.11 Å². The van der Waals surface area contributed by atoms with Gasteiger partial charge in [0.2, 0.25) is 0 Å². The second-order valence-electron chi connectivity index (χ2n) is 7.02. The molecule has 3 unspecified atom stereocenters. The van der Waals surface area contributed by atoms with Crippen molar-refractivity contribution < 1.29 is 4.74 Å². The Morgan fingerprint density at radius 1 is 1.14 bits per heavy atom. The molecule has 2 aliphatic carbocycles. The van der Waals surface area contributed by atoms with Gasteiger partial charge in [-0.1, -0.05) is 32.4 Å². The van der Waals surface area contributed by atoms with E-state index in [1.807, 2.05) is 0 Å². The fraction of sp³-hybridized carbons (Fsp3) is 0.684. The van der Waals surface area contributed by atoms with Crippen LogP contribution in [-0.4, -0.2) is 19.2 Å². The zero-order chi connectivity index (χ0) is 14.8. The van der Waals surface area contributed by atoms with Crippen molar-refractivity contribution in [2.75, 3.05) is 7.11 Å². The lowest BCUT2D eigenvalue weighted by molar-refractivity contribution is 0.235. The van der Waals surface area contributed by atoms with Crippen molar-refractivity contribution in [1.82, 2.24) is 5.32 Å². The van der Waals surface area contributed by atoms with Crippen LogP contribution in [0.2, 0.25) is 0 Å². The third kappa shape index (κ3) is 3.11. The maximum Gasteiger partial charge on any atom is 0.118 e. The molecule has 21 heavy (non-hydrogen) atoms. The van der Waals surface area contributed by atoms with E-state index in [9.17, 15) is 0 Å². The molecule has 3 rings (SSSR count). The second kappa shape index (κ2) is 6.39. The Morgan fingerprint density at radius 3 is 2.43 bits per heavy atom. The van der Waals surface area contributed by atoms with E-state index in [0.29, 0.717) is 0 Å². The van der Waals surface area contributed by atoms with Crippen LogP contribution in [0.25, 0.3) is 0 Å². The summed E-state index contributed by atoms with van der Waals surface area (Å²) in [5, 5.41) is 3.93. The highest BCUT2D eigenvalue weighted by Crippen LogP contribution is 2.40. The molecule has 0 bridgehead atoms. The first kappa shape index (κ1) is 14.9. The summed E-state index contributed by atoms with van der Waals surface area (Å²) in [6, 6.07) is 10.1. The Morgan fingerprint density at radius 2 is 1.86 bits per heavy atom. The molecule has 0 heterocycles. The third-order valence-electron chi connectivity index (χ3n) is 5.93. The molecule has 2 saturated carbocycles. The Labute approximate surface area is 129 Å². The minimum absolute atomic E-state index is 0.736. The zero-order valence-electron chi connectivity index (χ0n) is 13.6. The van der Waals surface area contributed by atoms with Gasteiger partial charge in [-0.15, -0.1) is 0 Å². The van der Waals surface area contributed by atoms with E-state index >= 15 is 0 Å². The number of hydrogen-bond acceptors (Lipinski definition) is 2. The molecule has 0 radical (unpaired) electrons. The minimum atomic E-state index is 0.736. The fourth-order valence-corrected chi connectivity index (χ4v) is 4.26. The standard InChI is InChI=1S/C19H29NO/c1-4-14-7-10-19(13(14)2)20-17-11-16(12-17)15-5-8-18(21-3)9-6-15/h5-6,8-9,13-14,16-17,19-20H,4,7,10-12H2,1-3H3. The molecule has 2 fully saturated rings. The lowest BCUT2D eigenvalue weighted by Gasteiger charge is -2.39. The van der Waals surface area contributed by atoms with Gasteiger partial charge in [0.15, 0.2) is 0 Å². The Bertz CT molecular complexity index is 449. The maximum absolute atomic E-state index is 5.23.